The number of hydrogen-bond donors (Lipinski definition) is 0. The summed E-state index contributed by atoms with van der Waals surface area (Å²) in [6.45, 7) is 13.6. The fourth-order valence-corrected chi connectivity index (χ4v) is 9.50. The maximum atomic E-state index is 2.39. The van der Waals surface area contributed by atoms with Crippen LogP contribution >= 0.6 is 22.7 Å². The molecular weight excluding hydrogens is 665 g/mol. The predicted octanol–water partition coefficient (Wildman–Crippen LogP) is 15.7. The quantitative estimate of drug-likeness (QED) is 0.160. The molecule has 9 aromatic rings. The van der Waals surface area contributed by atoms with Gasteiger partial charge in [0.1, 0.15) is 0 Å². The highest BCUT2D eigenvalue weighted by atomic mass is 32.1. The average molecular weight is 707 g/mol. The van der Waals surface area contributed by atoms with Crippen LogP contribution in [-0.4, -0.2) is 0 Å². The van der Waals surface area contributed by atoms with Crippen LogP contribution in [0.2, 0.25) is 0 Å². The van der Waals surface area contributed by atoms with E-state index in [-0.39, 0.29) is 10.8 Å². The van der Waals surface area contributed by atoms with Gasteiger partial charge in [0.25, 0.3) is 0 Å². The molecule has 0 amide bonds. The Morgan fingerprint density at radius 3 is 1.08 bits per heavy atom. The van der Waals surface area contributed by atoms with Gasteiger partial charge in [0.2, 0.25) is 0 Å². The molecule has 9 rings (SSSR count). The second-order valence-corrected chi connectivity index (χ2v) is 18.1. The van der Waals surface area contributed by atoms with Crippen LogP contribution < -0.4 is 0 Å². The van der Waals surface area contributed by atoms with Crippen molar-refractivity contribution in [2.75, 3.05) is 0 Å². The lowest BCUT2D eigenvalue weighted by atomic mass is 9.84. The molecule has 7 aromatic carbocycles. The molecule has 0 aliphatic heterocycles. The van der Waals surface area contributed by atoms with Crippen molar-refractivity contribution in [3.8, 4) is 43.1 Å². The lowest BCUT2D eigenvalue weighted by molar-refractivity contribution is 0.590. The van der Waals surface area contributed by atoms with Crippen molar-refractivity contribution in [2.24, 2.45) is 0 Å². The van der Waals surface area contributed by atoms with Gasteiger partial charge in [0, 0.05) is 20.9 Å². The maximum Gasteiger partial charge on any atom is 0.0355 e. The molecule has 0 nitrogen and oxygen atoms in total. The van der Waals surface area contributed by atoms with Crippen molar-refractivity contribution in [3.63, 3.8) is 0 Å². The van der Waals surface area contributed by atoms with Gasteiger partial charge in [-0.25, -0.2) is 0 Å². The fraction of sp³-hybridized carbons (Fsp3) is 0.160. The summed E-state index contributed by atoms with van der Waals surface area (Å²) in [6, 6.07) is 50.8. The summed E-state index contributed by atoms with van der Waals surface area (Å²) in [5.74, 6) is 0. The third-order valence-corrected chi connectivity index (χ3v) is 12.6. The molecule has 0 saturated heterocycles. The summed E-state index contributed by atoms with van der Waals surface area (Å²) < 4.78 is 0. The Kier molecular flexibility index (Phi) is 7.77. The molecule has 2 heterocycles. The number of fused-ring (bicyclic) bond motifs is 7. The smallest absolute Gasteiger partial charge is 0.0355 e. The highest BCUT2D eigenvalue weighted by Gasteiger charge is 2.22. The molecule has 52 heavy (non-hydrogen) atoms. The molecule has 0 saturated carbocycles. The molecule has 0 aliphatic rings. The van der Waals surface area contributed by atoms with E-state index < -0.39 is 0 Å². The maximum absolute atomic E-state index is 2.39. The Bertz CT molecular complexity index is 2550. The van der Waals surface area contributed by atoms with Gasteiger partial charge in [-0.05, 0) is 122 Å². The Hall–Kier alpha value is -5.02. The van der Waals surface area contributed by atoms with Crippen molar-refractivity contribution in [3.05, 3.63) is 155 Å². The van der Waals surface area contributed by atoms with Gasteiger partial charge in [0.15, 0.2) is 0 Å². The first kappa shape index (κ1) is 32.9. The summed E-state index contributed by atoms with van der Waals surface area (Å²) in [4.78, 5) is 2.61. The topological polar surface area (TPSA) is 0 Å². The molecule has 254 valence electrons. The van der Waals surface area contributed by atoms with Crippen LogP contribution in [0.5, 0.6) is 0 Å². The average Bonchev–Trinajstić information content (AvgIpc) is 3.88. The van der Waals surface area contributed by atoms with Crippen LogP contribution in [0.15, 0.2) is 144 Å². The van der Waals surface area contributed by atoms with Gasteiger partial charge >= 0.3 is 0 Å². The summed E-state index contributed by atoms with van der Waals surface area (Å²) in [7, 11) is 0. The van der Waals surface area contributed by atoms with Crippen molar-refractivity contribution < 1.29 is 0 Å². The summed E-state index contributed by atoms with van der Waals surface area (Å²) in [6.07, 6.45) is 0. The van der Waals surface area contributed by atoms with Crippen molar-refractivity contribution in [2.45, 2.75) is 52.4 Å². The standard InChI is InChI=1S/C50H42S2/c1-49(2,3)37-19-11-31(12-20-37)33-15-23-39-35(29-33)17-25-41-45(39)46-40-24-16-34(32-13-21-38(22-14-32)50(4,5)6)30-36(40)18-26-42(46)48(44-10-8-28-52-44)47(41)43-9-7-27-51-43/h7-30H,1-6H3. The van der Waals surface area contributed by atoms with Gasteiger partial charge in [-0.15, -0.1) is 22.7 Å². The van der Waals surface area contributed by atoms with E-state index in [1.54, 1.807) is 0 Å². The summed E-state index contributed by atoms with van der Waals surface area (Å²) in [5.41, 5.74) is 10.6. The Morgan fingerprint density at radius 2 is 0.731 bits per heavy atom. The van der Waals surface area contributed by atoms with Crippen molar-refractivity contribution in [1.29, 1.82) is 0 Å². The zero-order valence-corrected chi connectivity index (χ0v) is 32.3. The van der Waals surface area contributed by atoms with E-state index in [0.29, 0.717) is 0 Å². The minimum absolute atomic E-state index is 0.130. The second kappa shape index (κ2) is 12.3. The minimum Gasteiger partial charge on any atom is -0.144 e. The third-order valence-electron chi connectivity index (χ3n) is 10.8. The van der Waals surface area contributed by atoms with Gasteiger partial charge < -0.3 is 0 Å². The Morgan fingerprint density at radius 1 is 0.365 bits per heavy atom. The molecule has 0 N–H and O–H groups in total. The zero-order chi connectivity index (χ0) is 35.8. The van der Waals surface area contributed by atoms with Crippen molar-refractivity contribution >= 4 is 65.8 Å². The summed E-state index contributed by atoms with van der Waals surface area (Å²) in [5, 5.41) is 14.8. The molecular formula is C50H42S2. The molecule has 2 heteroatoms. The first-order valence-electron chi connectivity index (χ1n) is 18.2. The Labute approximate surface area is 315 Å². The van der Waals surface area contributed by atoms with E-state index in [4.69, 9.17) is 0 Å². The first-order valence-corrected chi connectivity index (χ1v) is 20.0. The third kappa shape index (κ3) is 5.57. The van der Waals surface area contributed by atoms with Gasteiger partial charge in [-0.2, -0.15) is 0 Å². The van der Waals surface area contributed by atoms with Gasteiger partial charge in [-0.1, -0.05) is 151 Å². The van der Waals surface area contributed by atoms with E-state index in [0.717, 1.165) is 0 Å². The number of hydrogen-bond acceptors (Lipinski definition) is 2. The number of thiophene rings is 2. The molecule has 0 fully saturated rings. The normalized spacial score (nSPS) is 12.4. The number of rotatable bonds is 4. The first-order chi connectivity index (χ1) is 25.0. The van der Waals surface area contributed by atoms with Crippen molar-refractivity contribution in [1.82, 2.24) is 0 Å². The number of benzene rings is 7. The van der Waals surface area contributed by atoms with E-state index in [2.05, 4.69) is 186 Å². The van der Waals surface area contributed by atoms with E-state index in [9.17, 15) is 0 Å². The highest BCUT2D eigenvalue weighted by Crippen LogP contribution is 2.50. The zero-order valence-electron chi connectivity index (χ0n) is 30.7. The lowest BCUT2D eigenvalue weighted by Crippen LogP contribution is -2.10. The van der Waals surface area contributed by atoms with E-state index in [1.165, 1.54) is 97.4 Å². The molecule has 0 aliphatic carbocycles. The molecule has 0 radical (unpaired) electrons. The van der Waals surface area contributed by atoms with Crippen LogP contribution in [0.1, 0.15) is 52.7 Å². The lowest BCUT2D eigenvalue weighted by Gasteiger charge is -2.20. The van der Waals surface area contributed by atoms with Crippen LogP contribution in [0.3, 0.4) is 0 Å². The van der Waals surface area contributed by atoms with Gasteiger partial charge in [0.05, 0.1) is 0 Å². The van der Waals surface area contributed by atoms with Crippen LogP contribution in [0.25, 0.3) is 86.2 Å². The van der Waals surface area contributed by atoms with Crippen LogP contribution in [0, 0.1) is 0 Å². The SMILES string of the molecule is CC(C)(C)c1ccc(-c2ccc3c(ccc4c(-c5cccs5)c(-c5cccs5)c5ccc6cc(-c7ccc(C(C)(C)C)cc7)ccc6c5c43)c2)cc1. The monoisotopic (exact) mass is 706 g/mol. The van der Waals surface area contributed by atoms with Gasteiger partial charge in [-0.3, -0.25) is 0 Å². The second-order valence-electron chi connectivity index (χ2n) is 16.2. The Balaban J connectivity index is 1.33. The largest absolute Gasteiger partial charge is 0.144 e. The molecule has 2 aromatic heterocycles. The fourth-order valence-electron chi connectivity index (χ4n) is 7.92. The van der Waals surface area contributed by atoms with E-state index >= 15 is 0 Å². The highest BCUT2D eigenvalue weighted by molar-refractivity contribution is 7.14. The molecule has 0 bridgehead atoms. The van der Waals surface area contributed by atoms with Crippen LogP contribution in [-0.2, 0) is 10.8 Å². The molecule has 0 unspecified atom stereocenters. The summed E-state index contributed by atoms with van der Waals surface area (Å²) >= 11 is 3.66. The molecule has 0 spiro atoms. The minimum atomic E-state index is 0.130. The predicted molar refractivity (Wildman–Crippen MR) is 231 cm³/mol. The van der Waals surface area contributed by atoms with E-state index in [1.807, 2.05) is 22.7 Å². The molecule has 0 atom stereocenters. The van der Waals surface area contributed by atoms with Crippen LogP contribution in [0.4, 0.5) is 0 Å².